The Morgan fingerprint density at radius 1 is 0.818 bits per heavy atom. The number of benzene rings is 4. The van der Waals surface area contributed by atoms with Crippen molar-refractivity contribution in [2.75, 3.05) is 24.4 Å². The first-order valence-electron chi connectivity index (χ1n) is 10.2. The van der Waals surface area contributed by atoms with E-state index in [2.05, 4.69) is 10.6 Å². The van der Waals surface area contributed by atoms with Gasteiger partial charge in [-0.15, -0.1) is 0 Å². The molecule has 4 aromatic carbocycles. The number of rotatable bonds is 7. The van der Waals surface area contributed by atoms with Gasteiger partial charge in [-0.25, -0.2) is 4.39 Å². The fourth-order valence-electron chi connectivity index (χ4n) is 3.37. The highest BCUT2D eigenvalue weighted by Crippen LogP contribution is 2.29. The Kier molecular flexibility index (Phi) is 6.50. The van der Waals surface area contributed by atoms with Crippen molar-refractivity contribution in [2.45, 2.75) is 0 Å². The van der Waals surface area contributed by atoms with E-state index < -0.39 is 5.82 Å². The molecule has 6 nitrogen and oxygen atoms in total. The fourth-order valence-corrected chi connectivity index (χ4v) is 3.37. The standard InChI is InChI=1S/C26H21FN2O4/c1-32-20-11-9-18(10-12-20)28-25(30)16-33-24-14-13-23(21-7-2-3-8-22(21)24)26(31)29-19-6-4-5-17(27)15-19/h2-15H,16H2,1H3,(H,28,30)(H,29,31). The minimum atomic E-state index is -0.436. The molecule has 0 aliphatic rings. The minimum Gasteiger partial charge on any atom is -0.497 e. The molecule has 0 bridgehead atoms. The molecule has 0 atom stereocenters. The fraction of sp³-hybridized carbons (Fsp3) is 0.0769. The van der Waals surface area contributed by atoms with Gasteiger partial charge in [0, 0.05) is 22.3 Å². The number of hydrogen-bond donors (Lipinski definition) is 2. The van der Waals surface area contributed by atoms with Gasteiger partial charge in [-0.1, -0.05) is 30.3 Å². The quantitative estimate of drug-likeness (QED) is 0.408. The number of hydrogen-bond acceptors (Lipinski definition) is 4. The van der Waals surface area contributed by atoms with Crippen LogP contribution < -0.4 is 20.1 Å². The van der Waals surface area contributed by atoms with Crippen molar-refractivity contribution in [3.8, 4) is 11.5 Å². The summed E-state index contributed by atoms with van der Waals surface area (Å²) >= 11 is 0. The van der Waals surface area contributed by atoms with Crippen LogP contribution in [0.3, 0.4) is 0 Å². The minimum absolute atomic E-state index is 0.204. The molecular weight excluding hydrogens is 423 g/mol. The number of anilines is 2. The van der Waals surface area contributed by atoms with Crippen LogP contribution in [0.25, 0.3) is 10.8 Å². The van der Waals surface area contributed by atoms with Crippen LogP contribution >= 0.6 is 0 Å². The highest BCUT2D eigenvalue weighted by atomic mass is 19.1. The number of carbonyl (C=O) groups is 2. The summed E-state index contributed by atoms with van der Waals surface area (Å²) in [4.78, 5) is 25.1. The number of carbonyl (C=O) groups excluding carboxylic acids is 2. The number of fused-ring (bicyclic) bond motifs is 1. The zero-order chi connectivity index (χ0) is 23.2. The summed E-state index contributed by atoms with van der Waals surface area (Å²) in [5, 5.41) is 6.80. The van der Waals surface area contributed by atoms with Gasteiger partial charge >= 0.3 is 0 Å². The van der Waals surface area contributed by atoms with Gasteiger partial charge in [0.25, 0.3) is 11.8 Å². The number of nitrogens with one attached hydrogen (secondary N) is 2. The normalized spacial score (nSPS) is 10.5. The van der Waals surface area contributed by atoms with Crippen molar-refractivity contribution in [1.82, 2.24) is 0 Å². The molecule has 166 valence electrons. The largest absolute Gasteiger partial charge is 0.497 e. The summed E-state index contributed by atoms with van der Waals surface area (Å²) < 4.78 is 24.3. The molecule has 0 aromatic heterocycles. The predicted molar refractivity (Wildman–Crippen MR) is 125 cm³/mol. The van der Waals surface area contributed by atoms with Gasteiger partial charge in [-0.05, 0) is 60.0 Å². The second-order valence-electron chi connectivity index (χ2n) is 7.19. The van der Waals surface area contributed by atoms with Crippen molar-refractivity contribution in [1.29, 1.82) is 0 Å². The highest BCUT2D eigenvalue weighted by molar-refractivity contribution is 6.14. The molecule has 0 saturated carbocycles. The summed E-state index contributed by atoms with van der Waals surface area (Å²) in [6, 6.07) is 23.1. The molecule has 2 amide bonds. The van der Waals surface area contributed by atoms with Gasteiger partial charge in [0.2, 0.25) is 0 Å². The molecule has 33 heavy (non-hydrogen) atoms. The van der Waals surface area contributed by atoms with E-state index in [0.717, 1.165) is 0 Å². The molecular formula is C26H21FN2O4. The third-order valence-electron chi connectivity index (χ3n) is 4.94. The van der Waals surface area contributed by atoms with Gasteiger partial charge < -0.3 is 20.1 Å². The lowest BCUT2D eigenvalue weighted by Gasteiger charge is -2.13. The Hall–Kier alpha value is -4.39. The molecule has 0 heterocycles. The maximum atomic E-state index is 13.4. The maximum absolute atomic E-state index is 13.4. The number of halogens is 1. The Morgan fingerprint density at radius 2 is 1.58 bits per heavy atom. The first kappa shape index (κ1) is 21.8. The predicted octanol–water partition coefficient (Wildman–Crippen LogP) is 5.26. The second-order valence-corrected chi connectivity index (χ2v) is 7.19. The van der Waals surface area contributed by atoms with Crippen LogP contribution in [0, 0.1) is 5.82 Å². The molecule has 7 heteroatoms. The summed E-state index contributed by atoms with van der Waals surface area (Å²) in [6.45, 7) is -0.204. The molecule has 4 aromatic rings. The van der Waals surface area contributed by atoms with Gasteiger partial charge in [-0.3, -0.25) is 9.59 Å². The first-order chi connectivity index (χ1) is 16.0. The smallest absolute Gasteiger partial charge is 0.262 e. The van der Waals surface area contributed by atoms with Gasteiger partial charge in [0.15, 0.2) is 6.61 Å². The lowest BCUT2D eigenvalue weighted by Crippen LogP contribution is -2.20. The average molecular weight is 444 g/mol. The van der Waals surface area contributed by atoms with E-state index in [1.54, 1.807) is 55.6 Å². The molecule has 0 aliphatic heterocycles. The monoisotopic (exact) mass is 444 g/mol. The van der Waals surface area contributed by atoms with Crippen LogP contribution in [0.4, 0.5) is 15.8 Å². The molecule has 4 rings (SSSR count). The Morgan fingerprint density at radius 3 is 2.30 bits per heavy atom. The third-order valence-corrected chi connectivity index (χ3v) is 4.94. The van der Waals surface area contributed by atoms with Gasteiger partial charge in [0.05, 0.1) is 7.11 Å². The SMILES string of the molecule is COc1ccc(NC(=O)COc2ccc(C(=O)Nc3cccc(F)c3)c3ccccc23)cc1. The number of methoxy groups -OCH3 is 1. The van der Waals surface area contributed by atoms with Crippen molar-refractivity contribution in [3.05, 3.63) is 96.3 Å². The molecule has 0 aliphatic carbocycles. The molecule has 2 N–H and O–H groups in total. The van der Waals surface area contributed by atoms with E-state index in [1.807, 2.05) is 18.2 Å². The van der Waals surface area contributed by atoms with Crippen LogP contribution in [0.15, 0.2) is 84.9 Å². The maximum Gasteiger partial charge on any atom is 0.262 e. The summed E-state index contributed by atoms with van der Waals surface area (Å²) in [7, 11) is 1.57. The topological polar surface area (TPSA) is 76.7 Å². The van der Waals surface area contributed by atoms with Crippen LogP contribution in [0.1, 0.15) is 10.4 Å². The Bertz CT molecular complexity index is 1310. The molecule has 0 spiro atoms. The van der Waals surface area contributed by atoms with Crippen LogP contribution in [-0.4, -0.2) is 25.5 Å². The molecule has 0 saturated heterocycles. The van der Waals surface area contributed by atoms with Crippen molar-refractivity contribution in [2.24, 2.45) is 0 Å². The molecule has 0 unspecified atom stereocenters. The number of ether oxygens (including phenoxy) is 2. The van der Waals surface area contributed by atoms with E-state index in [9.17, 15) is 14.0 Å². The van der Waals surface area contributed by atoms with Crippen LogP contribution in [-0.2, 0) is 4.79 Å². The lowest BCUT2D eigenvalue weighted by molar-refractivity contribution is -0.118. The zero-order valence-corrected chi connectivity index (χ0v) is 17.8. The van der Waals surface area contributed by atoms with Crippen LogP contribution in [0.5, 0.6) is 11.5 Å². The van der Waals surface area contributed by atoms with Crippen molar-refractivity contribution in [3.63, 3.8) is 0 Å². The molecule has 0 radical (unpaired) electrons. The summed E-state index contributed by atoms with van der Waals surface area (Å²) in [5.74, 6) is 0.0297. The van der Waals surface area contributed by atoms with Crippen LogP contribution in [0.2, 0.25) is 0 Å². The third kappa shape index (κ3) is 5.27. The van der Waals surface area contributed by atoms with E-state index in [4.69, 9.17) is 9.47 Å². The summed E-state index contributed by atoms with van der Waals surface area (Å²) in [5.41, 5.74) is 1.39. The van der Waals surface area contributed by atoms with Crippen molar-refractivity contribution >= 4 is 34.0 Å². The number of amides is 2. The van der Waals surface area contributed by atoms with Crippen molar-refractivity contribution < 1.29 is 23.5 Å². The van der Waals surface area contributed by atoms with Gasteiger partial charge in [0.1, 0.15) is 17.3 Å². The average Bonchev–Trinajstić information content (AvgIpc) is 2.83. The summed E-state index contributed by atoms with van der Waals surface area (Å²) in [6.07, 6.45) is 0. The molecule has 0 fully saturated rings. The Labute approximate surface area is 190 Å². The van der Waals surface area contributed by atoms with E-state index in [1.165, 1.54) is 18.2 Å². The van der Waals surface area contributed by atoms with E-state index in [0.29, 0.717) is 39.2 Å². The first-order valence-corrected chi connectivity index (χ1v) is 10.2. The second kappa shape index (κ2) is 9.82. The highest BCUT2D eigenvalue weighted by Gasteiger charge is 2.14. The lowest BCUT2D eigenvalue weighted by atomic mass is 10.0. The van der Waals surface area contributed by atoms with E-state index >= 15 is 0 Å². The van der Waals surface area contributed by atoms with E-state index in [-0.39, 0.29) is 18.4 Å². The van der Waals surface area contributed by atoms with Gasteiger partial charge in [-0.2, -0.15) is 0 Å². The Balaban J connectivity index is 1.48. The zero-order valence-electron chi connectivity index (χ0n) is 17.8.